The Kier molecular flexibility index (Phi) is 3.60. The molecule has 0 fully saturated rings. The molecule has 0 aliphatic carbocycles. The lowest BCUT2D eigenvalue weighted by molar-refractivity contribution is 0.402. The highest BCUT2D eigenvalue weighted by Gasteiger charge is 2.24. The summed E-state index contributed by atoms with van der Waals surface area (Å²) in [5, 5.41) is -0.941. The number of hydrogen-bond acceptors (Lipinski definition) is 4. The Morgan fingerprint density at radius 1 is 1.25 bits per heavy atom. The van der Waals surface area contributed by atoms with Crippen molar-refractivity contribution < 1.29 is 13.2 Å². The van der Waals surface area contributed by atoms with Crippen LogP contribution in [-0.4, -0.2) is 20.9 Å². The number of ether oxygens (including phenoxy) is 1. The van der Waals surface area contributed by atoms with E-state index in [1.807, 2.05) is 13.8 Å². The summed E-state index contributed by atoms with van der Waals surface area (Å²) >= 11 is 0. The van der Waals surface area contributed by atoms with Gasteiger partial charge in [-0.15, -0.1) is 0 Å². The van der Waals surface area contributed by atoms with Crippen molar-refractivity contribution in [3.63, 3.8) is 0 Å². The minimum atomic E-state index is -3.51. The number of rotatable bonds is 3. The highest BCUT2D eigenvalue weighted by Crippen LogP contribution is 2.28. The van der Waals surface area contributed by atoms with Gasteiger partial charge in [-0.3, -0.25) is 0 Å². The number of benzene rings is 1. The first-order valence-electron chi connectivity index (χ1n) is 4.95. The lowest BCUT2D eigenvalue weighted by Crippen LogP contribution is -2.27. The van der Waals surface area contributed by atoms with Gasteiger partial charge in [-0.05, 0) is 44.0 Å². The molecular formula is C11H17NO3S. The molecule has 1 aromatic carbocycles. The Morgan fingerprint density at radius 2 is 1.75 bits per heavy atom. The zero-order chi connectivity index (χ0) is 12.5. The van der Waals surface area contributed by atoms with Crippen LogP contribution in [0.4, 0.5) is 0 Å². The summed E-state index contributed by atoms with van der Waals surface area (Å²) in [5.41, 5.74) is 7.36. The van der Waals surface area contributed by atoms with Crippen LogP contribution in [0.25, 0.3) is 0 Å². The standard InChI is InChI=1S/C11H17NO3S/c1-7-5-10(15-4)11(6-8(7)2)16(13,14)9(3)12/h5-6,9H,12H2,1-4H3. The quantitative estimate of drug-likeness (QED) is 0.871. The lowest BCUT2D eigenvalue weighted by atomic mass is 10.1. The van der Waals surface area contributed by atoms with Crippen LogP contribution in [0.2, 0.25) is 0 Å². The molecule has 0 radical (unpaired) electrons. The second-order valence-electron chi connectivity index (χ2n) is 3.84. The molecule has 1 rings (SSSR count). The molecule has 0 bridgehead atoms. The van der Waals surface area contributed by atoms with Crippen molar-refractivity contribution in [3.05, 3.63) is 23.3 Å². The summed E-state index contributed by atoms with van der Waals surface area (Å²) < 4.78 is 29.0. The van der Waals surface area contributed by atoms with Gasteiger partial charge in [0.05, 0.1) is 7.11 Å². The van der Waals surface area contributed by atoms with Crippen molar-refractivity contribution in [1.29, 1.82) is 0 Å². The minimum absolute atomic E-state index is 0.160. The van der Waals surface area contributed by atoms with Crippen molar-refractivity contribution in [3.8, 4) is 5.75 Å². The molecule has 90 valence electrons. The van der Waals surface area contributed by atoms with E-state index < -0.39 is 15.2 Å². The predicted molar refractivity (Wildman–Crippen MR) is 63.3 cm³/mol. The van der Waals surface area contributed by atoms with Gasteiger partial charge in [0, 0.05) is 0 Å². The van der Waals surface area contributed by atoms with E-state index in [-0.39, 0.29) is 4.90 Å². The average Bonchev–Trinajstić information content (AvgIpc) is 2.20. The van der Waals surface area contributed by atoms with Gasteiger partial charge in [0.25, 0.3) is 0 Å². The van der Waals surface area contributed by atoms with Crippen LogP contribution in [0.5, 0.6) is 5.75 Å². The van der Waals surface area contributed by atoms with Crippen molar-refractivity contribution in [2.45, 2.75) is 31.0 Å². The van der Waals surface area contributed by atoms with Crippen LogP contribution in [0, 0.1) is 13.8 Å². The molecule has 1 atom stereocenters. The molecule has 0 saturated carbocycles. The maximum Gasteiger partial charge on any atom is 0.197 e. The van der Waals surface area contributed by atoms with Gasteiger partial charge in [0.1, 0.15) is 16.0 Å². The van der Waals surface area contributed by atoms with Crippen LogP contribution in [0.15, 0.2) is 17.0 Å². The Bertz CT molecular complexity index is 492. The van der Waals surface area contributed by atoms with E-state index >= 15 is 0 Å². The normalized spacial score (nSPS) is 13.6. The van der Waals surface area contributed by atoms with Gasteiger partial charge < -0.3 is 10.5 Å². The van der Waals surface area contributed by atoms with Crippen molar-refractivity contribution in [2.75, 3.05) is 7.11 Å². The van der Waals surface area contributed by atoms with Gasteiger partial charge in [0.2, 0.25) is 0 Å². The molecule has 0 saturated heterocycles. The van der Waals surface area contributed by atoms with Crippen LogP contribution in [-0.2, 0) is 9.84 Å². The molecule has 5 heteroatoms. The largest absolute Gasteiger partial charge is 0.495 e. The van der Waals surface area contributed by atoms with Crippen LogP contribution < -0.4 is 10.5 Å². The SMILES string of the molecule is COc1cc(C)c(C)cc1S(=O)(=O)C(C)N. The Morgan fingerprint density at radius 3 is 2.19 bits per heavy atom. The Hall–Kier alpha value is -1.07. The molecule has 0 aromatic heterocycles. The number of aryl methyl sites for hydroxylation is 2. The third-order valence-electron chi connectivity index (χ3n) is 2.58. The molecule has 0 spiro atoms. The number of sulfone groups is 1. The summed E-state index contributed by atoms with van der Waals surface area (Å²) in [6, 6.07) is 3.32. The first-order chi connectivity index (χ1) is 7.30. The van der Waals surface area contributed by atoms with Gasteiger partial charge >= 0.3 is 0 Å². The molecule has 0 aliphatic rings. The molecule has 16 heavy (non-hydrogen) atoms. The second-order valence-corrected chi connectivity index (χ2v) is 6.11. The fourth-order valence-electron chi connectivity index (χ4n) is 1.35. The summed E-state index contributed by atoms with van der Waals surface area (Å²) in [5.74, 6) is 0.348. The molecule has 1 unspecified atom stereocenters. The Balaban J connectivity index is 3.50. The first-order valence-corrected chi connectivity index (χ1v) is 6.50. The smallest absolute Gasteiger partial charge is 0.197 e. The molecule has 0 amide bonds. The summed E-state index contributed by atoms with van der Waals surface area (Å²) in [6.45, 7) is 5.21. The highest BCUT2D eigenvalue weighted by molar-refractivity contribution is 7.92. The third-order valence-corrected chi connectivity index (χ3v) is 4.49. The van der Waals surface area contributed by atoms with Crippen LogP contribution in [0.1, 0.15) is 18.1 Å². The molecule has 4 nitrogen and oxygen atoms in total. The van der Waals surface area contributed by atoms with E-state index in [4.69, 9.17) is 10.5 Å². The molecule has 0 aliphatic heterocycles. The minimum Gasteiger partial charge on any atom is -0.495 e. The van der Waals surface area contributed by atoms with Gasteiger partial charge in [-0.1, -0.05) is 0 Å². The average molecular weight is 243 g/mol. The van der Waals surface area contributed by atoms with Crippen molar-refractivity contribution in [1.82, 2.24) is 0 Å². The van der Waals surface area contributed by atoms with Crippen LogP contribution in [0.3, 0.4) is 0 Å². The monoisotopic (exact) mass is 243 g/mol. The number of nitrogens with two attached hydrogens (primary N) is 1. The van der Waals surface area contributed by atoms with Gasteiger partial charge in [-0.2, -0.15) is 0 Å². The van der Waals surface area contributed by atoms with E-state index in [1.54, 1.807) is 12.1 Å². The van der Waals surface area contributed by atoms with Gasteiger partial charge in [-0.25, -0.2) is 8.42 Å². The number of methoxy groups -OCH3 is 1. The zero-order valence-electron chi connectivity index (χ0n) is 9.94. The number of hydrogen-bond donors (Lipinski definition) is 1. The molecule has 2 N–H and O–H groups in total. The fraction of sp³-hybridized carbons (Fsp3) is 0.455. The first kappa shape index (κ1) is 13.0. The van der Waals surface area contributed by atoms with Gasteiger partial charge in [0.15, 0.2) is 9.84 Å². The van der Waals surface area contributed by atoms with Crippen molar-refractivity contribution in [2.24, 2.45) is 5.73 Å². The summed E-state index contributed by atoms with van der Waals surface area (Å²) in [4.78, 5) is 0.160. The topological polar surface area (TPSA) is 69.4 Å². The highest BCUT2D eigenvalue weighted by atomic mass is 32.2. The van der Waals surface area contributed by atoms with E-state index in [0.29, 0.717) is 5.75 Å². The van der Waals surface area contributed by atoms with Crippen molar-refractivity contribution >= 4 is 9.84 Å². The lowest BCUT2D eigenvalue weighted by Gasteiger charge is -2.14. The van der Waals surface area contributed by atoms with E-state index in [9.17, 15) is 8.42 Å². The summed E-state index contributed by atoms with van der Waals surface area (Å²) in [6.07, 6.45) is 0. The van der Waals surface area contributed by atoms with E-state index in [0.717, 1.165) is 11.1 Å². The molecular weight excluding hydrogens is 226 g/mol. The second kappa shape index (κ2) is 4.43. The van der Waals surface area contributed by atoms with E-state index in [1.165, 1.54) is 14.0 Å². The summed E-state index contributed by atoms with van der Waals surface area (Å²) in [7, 11) is -2.06. The fourth-order valence-corrected chi connectivity index (χ4v) is 2.51. The maximum atomic E-state index is 12.0. The predicted octanol–water partition coefficient (Wildman–Crippen LogP) is 1.39. The Labute approximate surface area is 96.3 Å². The third kappa shape index (κ3) is 2.20. The maximum absolute atomic E-state index is 12.0. The molecule has 1 aromatic rings. The van der Waals surface area contributed by atoms with Crippen LogP contribution >= 0.6 is 0 Å². The molecule has 0 heterocycles. The van der Waals surface area contributed by atoms with E-state index in [2.05, 4.69) is 0 Å². The zero-order valence-corrected chi connectivity index (χ0v) is 10.8.